The maximum absolute atomic E-state index is 11.9. The Bertz CT molecular complexity index is 693. The van der Waals surface area contributed by atoms with Gasteiger partial charge in [-0.1, -0.05) is 30.3 Å². The number of carbonyl (C=O) groups is 1. The maximum atomic E-state index is 11.9. The van der Waals surface area contributed by atoms with Crippen LogP contribution in [0.25, 0.3) is 0 Å². The molecule has 0 saturated heterocycles. The Hall–Kier alpha value is -2.89. The summed E-state index contributed by atoms with van der Waals surface area (Å²) < 4.78 is 11.4. The lowest BCUT2D eigenvalue weighted by atomic mass is 10.2. The average molecular weight is 341 g/mol. The number of benzene rings is 2. The van der Waals surface area contributed by atoms with E-state index in [-0.39, 0.29) is 12.1 Å². The van der Waals surface area contributed by atoms with Crippen molar-refractivity contribution in [2.75, 3.05) is 38.2 Å². The van der Waals surface area contributed by atoms with E-state index in [1.807, 2.05) is 61.6 Å². The number of hydrogen-bond donors (Lipinski definition) is 2. The first-order chi connectivity index (χ1) is 12.2. The number of para-hydroxylation sites is 3. The number of likely N-dealkylation sites (N-methyl/N-ethyl adjacent to an activating group) is 1. The van der Waals surface area contributed by atoms with E-state index in [2.05, 4.69) is 15.5 Å². The summed E-state index contributed by atoms with van der Waals surface area (Å²) in [7, 11) is 2.00. The topological polar surface area (TPSA) is 62.8 Å². The number of anilines is 1. The van der Waals surface area contributed by atoms with Crippen molar-refractivity contribution >= 4 is 11.7 Å². The smallest absolute Gasteiger partial charge is 0.314 e. The summed E-state index contributed by atoms with van der Waals surface area (Å²) in [6.07, 6.45) is -0.187. The number of nitrogens with zero attached hydrogens (tertiary/aromatic N) is 1. The SMILES string of the molecule is CN(CCNC(=O)NCC1COc2ccccc2O1)c1ccccc1. The second-order valence-corrected chi connectivity index (χ2v) is 5.89. The molecule has 1 aliphatic heterocycles. The van der Waals surface area contributed by atoms with Gasteiger partial charge in [-0.15, -0.1) is 0 Å². The van der Waals surface area contributed by atoms with Gasteiger partial charge in [0, 0.05) is 25.8 Å². The third kappa shape index (κ3) is 4.79. The van der Waals surface area contributed by atoms with Crippen molar-refractivity contribution in [3.8, 4) is 11.5 Å². The van der Waals surface area contributed by atoms with E-state index >= 15 is 0 Å². The summed E-state index contributed by atoms with van der Waals surface area (Å²) in [4.78, 5) is 14.0. The Morgan fingerprint density at radius 2 is 1.80 bits per heavy atom. The Labute approximate surface area is 147 Å². The summed E-state index contributed by atoms with van der Waals surface area (Å²) >= 11 is 0. The maximum Gasteiger partial charge on any atom is 0.314 e. The molecule has 25 heavy (non-hydrogen) atoms. The van der Waals surface area contributed by atoms with Gasteiger partial charge in [-0.2, -0.15) is 0 Å². The van der Waals surface area contributed by atoms with Crippen molar-refractivity contribution in [3.63, 3.8) is 0 Å². The number of rotatable bonds is 6. The summed E-state index contributed by atoms with van der Waals surface area (Å²) in [6.45, 7) is 2.11. The molecule has 0 fully saturated rings. The van der Waals surface area contributed by atoms with Crippen molar-refractivity contribution in [1.29, 1.82) is 0 Å². The Morgan fingerprint density at radius 3 is 2.60 bits per heavy atom. The highest BCUT2D eigenvalue weighted by atomic mass is 16.6. The van der Waals surface area contributed by atoms with Crippen molar-refractivity contribution in [1.82, 2.24) is 10.6 Å². The van der Waals surface area contributed by atoms with Crippen LogP contribution in [0.1, 0.15) is 0 Å². The van der Waals surface area contributed by atoms with Crippen LogP contribution in [0.2, 0.25) is 0 Å². The fourth-order valence-electron chi connectivity index (χ4n) is 2.58. The van der Waals surface area contributed by atoms with E-state index in [4.69, 9.17) is 9.47 Å². The van der Waals surface area contributed by atoms with Gasteiger partial charge in [0.2, 0.25) is 0 Å². The standard InChI is InChI=1S/C19H23N3O3/c1-22(15-7-3-2-4-8-15)12-11-20-19(23)21-13-16-14-24-17-9-5-6-10-18(17)25-16/h2-10,16H,11-14H2,1H3,(H2,20,21,23). The molecule has 0 bridgehead atoms. The molecule has 0 radical (unpaired) electrons. The molecule has 0 aliphatic carbocycles. The fourth-order valence-corrected chi connectivity index (χ4v) is 2.58. The molecule has 1 aliphatic rings. The quantitative estimate of drug-likeness (QED) is 0.846. The number of urea groups is 1. The molecule has 3 rings (SSSR count). The van der Waals surface area contributed by atoms with Gasteiger partial charge in [-0.25, -0.2) is 4.79 Å². The number of fused-ring (bicyclic) bond motifs is 1. The summed E-state index contributed by atoms with van der Waals surface area (Å²) in [5.74, 6) is 1.46. The van der Waals surface area contributed by atoms with Gasteiger partial charge in [0.05, 0.1) is 6.54 Å². The van der Waals surface area contributed by atoms with Crippen LogP contribution in [0.4, 0.5) is 10.5 Å². The molecule has 0 aromatic heterocycles. The molecule has 2 N–H and O–H groups in total. The fraction of sp³-hybridized carbons (Fsp3) is 0.316. The zero-order valence-corrected chi connectivity index (χ0v) is 14.3. The molecule has 6 heteroatoms. The number of ether oxygens (including phenoxy) is 2. The lowest BCUT2D eigenvalue weighted by Crippen LogP contribution is -2.45. The Morgan fingerprint density at radius 1 is 1.08 bits per heavy atom. The normalized spacial score (nSPS) is 15.3. The van der Waals surface area contributed by atoms with Gasteiger partial charge in [0.15, 0.2) is 17.6 Å². The molecule has 132 valence electrons. The van der Waals surface area contributed by atoms with Gasteiger partial charge in [0.25, 0.3) is 0 Å². The zero-order valence-electron chi connectivity index (χ0n) is 14.3. The van der Waals surface area contributed by atoms with Gasteiger partial charge < -0.3 is 25.0 Å². The lowest BCUT2D eigenvalue weighted by molar-refractivity contribution is 0.0918. The summed E-state index contributed by atoms with van der Waals surface area (Å²) in [6, 6.07) is 17.4. The minimum atomic E-state index is -0.205. The molecule has 2 aromatic rings. The van der Waals surface area contributed by atoms with Gasteiger partial charge >= 0.3 is 6.03 Å². The van der Waals surface area contributed by atoms with Crippen molar-refractivity contribution in [3.05, 3.63) is 54.6 Å². The van der Waals surface area contributed by atoms with E-state index < -0.39 is 0 Å². The van der Waals surface area contributed by atoms with E-state index in [0.29, 0.717) is 25.4 Å². The first-order valence-electron chi connectivity index (χ1n) is 8.39. The molecule has 2 aromatic carbocycles. The molecule has 2 amide bonds. The van der Waals surface area contributed by atoms with Gasteiger partial charge in [-0.3, -0.25) is 0 Å². The third-order valence-electron chi connectivity index (χ3n) is 3.99. The first kappa shape index (κ1) is 17.0. The summed E-state index contributed by atoms with van der Waals surface area (Å²) in [5.41, 5.74) is 1.12. The second-order valence-electron chi connectivity index (χ2n) is 5.89. The minimum absolute atomic E-state index is 0.187. The average Bonchev–Trinajstić information content (AvgIpc) is 2.67. The predicted molar refractivity (Wildman–Crippen MR) is 97.5 cm³/mol. The van der Waals surface area contributed by atoms with Crippen LogP contribution in [0.5, 0.6) is 11.5 Å². The number of carbonyl (C=O) groups excluding carboxylic acids is 1. The number of nitrogens with one attached hydrogen (secondary N) is 2. The minimum Gasteiger partial charge on any atom is -0.486 e. The molecular weight excluding hydrogens is 318 g/mol. The van der Waals surface area contributed by atoms with Crippen LogP contribution in [0.15, 0.2) is 54.6 Å². The lowest BCUT2D eigenvalue weighted by Gasteiger charge is -2.26. The van der Waals surface area contributed by atoms with Crippen LogP contribution < -0.4 is 25.0 Å². The largest absolute Gasteiger partial charge is 0.486 e. The predicted octanol–water partition coefficient (Wildman–Crippen LogP) is 2.26. The van der Waals surface area contributed by atoms with Crippen molar-refractivity contribution in [2.24, 2.45) is 0 Å². The number of amides is 2. The number of hydrogen-bond acceptors (Lipinski definition) is 4. The van der Waals surface area contributed by atoms with Crippen molar-refractivity contribution in [2.45, 2.75) is 6.10 Å². The van der Waals surface area contributed by atoms with Gasteiger partial charge in [0.1, 0.15) is 6.61 Å². The summed E-state index contributed by atoms with van der Waals surface area (Å²) in [5, 5.41) is 5.68. The zero-order chi connectivity index (χ0) is 17.5. The van der Waals surface area contributed by atoms with Crippen LogP contribution >= 0.6 is 0 Å². The van der Waals surface area contributed by atoms with Crippen LogP contribution in [-0.2, 0) is 0 Å². The molecule has 0 spiro atoms. The molecule has 1 unspecified atom stereocenters. The van der Waals surface area contributed by atoms with Crippen LogP contribution in [0, 0.1) is 0 Å². The monoisotopic (exact) mass is 341 g/mol. The van der Waals surface area contributed by atoms with Crippen LogP contribution in [-0.4, -0.2) is 45.4 Å². The molecule has 6 nitrogen and oxygen atoms in total. The Balaban J connectivity index is 1.35. The highest BCUT2D eigenvalue weighted by Gasteiger charge is 2.20. The van der Waals surface area contributed by atoms with Crippen LogP contribution in [0.3, 0.4) is 0 Å². The molecule has 1 atom stereocenters. The molecule has 0 saturated carbocycles. The van der Waals surface area contributed by atoms with E-state index in [9.17, 15) is 4.79 Å². The van der Waals surface area contributed by atoms with E-state index in [0.717, 1.165) is 18.0 Å². The highest BCUT2D eigenvalue weighted by molar-refractivity contribution is 5.73. The molecular formula is C19H23N3O3. The van der Waals surface area contributed by atoms with Gasteiger partial charge in [-0.05, 0) is 24.3 Å². The third-order valence-corrected chi connectivity index (χ3v) is 3.99. The van der Waals surface area contributed by atoms with E-state index in [1.165, 1.54) is 0 Å². The molecule has 1 heterocycles. The van der Waals surface area contributed by atoms with Crippen molar-refractivity contribution < 1.29 is 14.3 Å². The second kappa shape index (κ2) is 8.28. The van der Waals surface area contributed by atoms with E-state index in [1.54, 1.807) is 0 Å². The first-order valence-corrected chi connectivity index (χ1v) is 8.39. The highest BCUT2D eigenvalue weighted by Crippen LogP contribution is 2.30. The Kier molecular flexibility index (Phi) is 5.61.